The number of benzene rings is 7. The Kier molecular flexibility index (Phi) is 8.31. The average Bonchev–Trinajstić information content (AvgIpc) is 3.25. The minimum atomic E-state index is -5.27. The van der Waals surface area contributed by atoms with Gasteiger partial charge in [0.25, 0.3) is 20.0 Å². The second-order valence-corrected chi connectivity index (χ2v) is 18.9. The van der Waals surface area contributed by atoms with Crippen LogP contribution in [-0.4, -0.2) is 16.8 Å². The molecule has 7 aromatic rings. The highest BCUT2D eigenvalue weighted by molar-refractivity contribution is 8.06. The molecule has 1 aliphatic heterocycles. The smallest absolute Gasteiger partial charge is 0.291 e. The summed E-state index contributed by atoms with van der Waals surface area (Å²) in [5.41, 5.74) is 3.06. The van der Waals surface area contributed by atoms with Gasteiger partial charge in [0.2, 0.25) is 0 Å². The number of nitrogens with zero attached hydrogens (tertiary/aromatic N) is 2. The first-order valence-corrected chi connectivity index (χ1v) is 21.0. The van der Waals surface area contributed by atoms with Gasteiger partial charge in [-0.1, -0.05) is 126 Å². The van der Waals surface area contributed by atoms with Crippen LogP contribution in [0.15, 0.2) is 161 Å². The van der Waals surface area contributed by atoms with Gasteiger partial charge in [-0.2, -0.15) is 8.15 Å². The Morgan fingerprint density at radius 2 is 0.904 bits per heavy atom. The predicted molar refractivity (Wildman–Crippen MR) is 207 cm³/mol. The highest BCUT2D eigenvalue weighted by atomic mass is 32.2. The first-order valence-electron chi connectivity index (χ1n) is 16.6. The fourth-order valence-corrected chi connectivity index (χ4v) is 14.0. The van der Waals surface area contributed by atoms with Crippen LogP contribution in [0.25, 0.3) is 32.7 Å². The fraction of sp³-hybridized carbons (Fsp3) is 0.0732. The number of hydrogen-bond acceptors (Lipinski definition) is 6. The van der Waals surface area contributed by atoms with Gasteiger partial charge in [-0.15, -0.1) is 0 Å². The number of fused-ring (bicyclic) bond motifs is 7. The van der Waals surface area contributed by atoms with E-state index in [1.165, 1.54) is 24.3 Å². The molecule has 1 aliphatic rings. The van der Waals surface area contributed by atoms with E-state index in [0.29, 0.717) is 27.5 Å². The van der Waals surface area contributed by atoms with Crippen LogP contribution in [0.5, 0.6) is 0 Å². The summed E-state index contributed by atoms with van der Waals surface area (Å²) < 4.78 is 85.6. The van der Waals surface area contributed by atoms with Gasteiger partial charge in [0.05, 0.1) is 27.8 Å². The Labute approximate surface area is 303 Å². The number of hydrogen-bond donors (Lipinski definition) is 0. The lowest BCUT2D eigenvalue weighted by atomic mass is 9.91. The molecule has 0 aromatic heterocycles. The Morgan fingerprint density at radius 1 is 0.500 bits per heavy atom. The molecule has 0 unspecified atom stereocenters. The van der Waals surface area contributed by atoms with Crippen molar-refractivity contribution in [1.29, 1.82) is 0 Å². The van der Waals surface area contributed by atoms with Crippen molar-refractivity contribution in [3.8, 4) is 11.1 Å². The molecule has 11 heteroatoms. The van der Waals surface area contributed by atoms with Gasteiger partial charge in [0, 0.05) is 11.1 Å². The molecular weight excluding hydrogens is 712 g/mol. The van der Waals surface area contributed by atoms with Crippen molar-refractivity contribution in [1.82, 2.24) is 0 Å². The highest BCUT2D eigenvalue weighted by Crippen LogP contribution is 2.68. The van der Waals surface area contributed by atoms with Crippen molar-refractivity contribution < 1.29 is 25.9 Å². The van der Waals surface area contributed by atoms with Crippen LogP contribution in [0.2, 0.25) is 0 Å². The fourth-order valence-electron chi connectivity index (χ4n) is 6.70. The van der Waals surface area contributed by atoms with E-state index in [1.54, 1.807) is 72.8 Å². The van der Waals surface area contributed by atoms with E-state index in [9.17, 15) is 0 Å². The number of anilines is 2. The topological polar surface area (TPSA) is 101 Å². The molecule has 0 saturated carbocycles. The molecule has 0 bridgehead atoms. The minimum Gasteiger partial charge on any atom is -0.291 e. The van der Waals surface area contributed by atoms with Crippen LogP contribution in [0.1, 0.15) is 16.7 Å². The largest absolute Gasteiger partial charge is 0.425 e. The SMILES string of the molecule is Cc1ccc(S(=O)(=O)N2c3ccc4ccccc4c3-c3c(ccc4ccccc34)N(S(=O)(=O)c3ccc(C)cc3)P2(=O)OCc2ccccc2)cc1. The maximum atomic E-state index is 16.5. The van der Waals surface area contributed by atoms with E-state index in [4.69, 9.17) is 4.52 Å². The highest BCUT2D eigenvalue weighted by Gasteiger charge is 2.55. The van der Waals surface area contributed by atoms with Crippen LogP contribution < -0.4 is 8.15 Å². The third-order valence-corrected chi connectivity index (χ3v) is 16.7. The molecule has 0 spiro atoms. The molecule has 0 aliphatic carbocycles. The van der Waals surface area contributed by atoms with Crippen molar-refractivity contribution in [3.05, 3.63) is 168 Å². The van der Waals surface area contributed by atoms with Gasteiger partial charge < -0.3 is 0 Å². The lowest BCUT2D eigenvalue weighted by molar-refractivity contribution is 0.304. The van der Waals surface area contributed by atoms with Gasteiger partial charge >= 0.3 is 7.67 Å². The van der Waals surface area contributed by atoms with E-state index in [0.717, 1.165) is 30.1 Å². The van der Waals surface area contributed by atoms with Crippen LogP contribution in [0, 0.1) is 13.8 Å². The summed E-state index contributed by atoms with van der Waals surface area (Å²) in [6, 6.07) is 42.7. The van der Waals surface area contributed by atoms with Crippen LogP contribution in [-0.2, 0) is 35.7 Å². The number of rotatable bonds is 7. The predicted octanol–water partition coefficient (Wildman–Crippen LogP) is 10.0. The molecule has 0 N–H and O–H groups in total. The summed E-state index contributed by atoms with van der Waals surface area (Å²) in [4.78, 5) is -0.353. The normalized spacial score (nSPS) is 14.2. The Morgan fingerprint density at radius 3 is 1.35 bits per heavy atom. The molecule has 8 nitrogen and oxygen atoms in total. The molecule has 0 fully saturated rings. The number of aryl methyl sites for hydroxylation is 2. The van der Waals surface area contributed by atoms with Crippen molar-refractivity contribution in [2.24, 2.45) is 0 Å². The molecule has 0 saturated heterocycles. The van der Waals surface area contributed by atoms with Crippen molar-refractivity contribution in [3.63, 3.8) is 0 Å². The molecule has 0 amide bonds. The molecule has 8 rings (SSSR count). The molecule has 7 aromatic carbocycles. The second-order valence-electron chi connectivity index (χ2n) is 12.7. The van der Waals surface area contributed by atoms with E-state index in [2.05, 4.69) is 0 Å². The standard InChI is InChI=1S/C41H33N2O6PS2/c1-29-16-22-34(23-17-29)51(45,46)42-38-26-20-32-12-6-8-14-36(32)40(38)41-37-15-9-7-13-33(37)21-27-39(41)43(52(47,48)35-24-18-30(2)19-25-35)50(42,44)49-28-31-10-4-3-5-11-31/h3-27H,28H2,1-2H3. The van der Waals surface area contributed by atoms with Crippen molar-refractivity contribution >= 4 is 60.6 Å². The van der Waals surface area contributed by atoms with Crippen LogP contribution >= 0.6 is 7.67 Å². The average molecular weight is 745 g/mol. The van der Waals surface area contributed by atoms with Gasteiger partial charge in [0.1, 0.15) is 0 Å². The van der Waals surface area contributed by atoms with E-state index >= 15 is 21.4 Å². The summed E-state index contributed by atoms with van der Waals surface area (Å²) in [6.07, 6.45) is 0. The number of sulfonamides is 2. The van der Waals surface area contributed by atoms with E-state index < -0.39 is 27.7 Å². The Balaban J connectivity index is 1.57. The van der Waals surface area contributed by atoms with E-state index in [-0.39, 0.29) is 27.8 Å². The summed E-state index contributed by atoms with van der Waals surface area (Å²) >= 11 is 0. The summed E-state index contributed by atoms with van der Waals surface area (Å²) in [5, 5.41) is 2.85. The molecule has 52 heavy (non-hydrogen) atoms. The van der Waals surface area contributed by atoms with Crippen LogP contribution in [0.4, 0.5) is 11.4 Å². The zero-order valence-electron chi connectivity index (χ0n) is 28.2. The maximum Gasteiger partial charge on any atom is 0.425 e. The molecule has 1 heterocycles. The summed E-state index contributed by atoms with van der Waals surface area (Å²) in [6.45, 7) is 3.30. The van der Waals surface area contributed by atoms with Gasteiger partial charge in [-0.05, 0) is 77.4 Å². The summed E-state index contributed by atoms with van der Waals surface area (Å²) in [5.74, 6) is 0. The van der Waals surface area contributed by atoms with Crippen molar-refractivity contribution in [2.45, 2.75) is 30.2 Å². The molecule has 0 radical (unpaired) electrons. The van der Waals surface area contributed by atoms with Gasteiger partial charge in [-0.25, -0.2) is 21.4 Å². The van der Waals surface area contributed by atoms with Gasteiger partial charge in [0.15, 0.2) is 0 Å². The maximum absolute atomic E-state index is 16.5. The Hall–Kier alpha value is -5.25. The lowest BCUT2D eigenvalue weighted by Gasteiger charge is -2.37. The first-order chi connectivity index (χ1) is 25.0. The lowest BCUT2D eigenvalue weighted by Crippen LogP contribution is -2.39. The zero-order valence-corrected chi connectivity index (χ0v) is 30.8. The van der Waals surface area contributed by atoms with Crippen molar-refractivity contribution in [2.75, 3.05) is 8.15 Å². The Bertz CT molecular complexity index is 2610. The first kappa shape index (κ1) is 33.9. The van der Waals surface area contributed by atoms with Crippen LogP contribution in [0.3, 0.4) is 0 Å². The van der Waals surface area contributed by atoms with Gasteiger partial charge in [-0.3, -0.25) is 4.52 Å². The monoisotopic (exact) mass is 744 g/mol. The minimum absolute atomic E-state index is 0.0230. The van der Waals surface area contributed by atoms with E-state index in [1.807, 2.05) is 68.4 Å². The molecule has 0 atom stereocenters. The summed E-state index contributed by atoms with van der Waals surface area (Å²) in [7, 11) is -14.9. The molecule has 260 valence electrons. The zero-order chi connectivity index (χ0) is 36.3. The third-order valence-electron chi connectivity index (χ3n) is 9.27. The quantitative estimate of drug-likeness (QED) is 0.151. The second kappa shape index (κ2) is 12.8. The molecular formula is C41H33N2O6PS2. The third kappa shape index (κ3) is 5.50.